The molecule has 0 amide bonds. The number of nitrogens with zero attached hydrogens (tertiary/aromatic N) is 2. The van der Waals surface area contributed by atoms with E-state index in [0.717, 1.165) is 0 Å². The Kier molecular flexibility index (Phi) is 9.54. The van der Waals surface area contributed by atoms with Gasteiger partial charge in [-0.15, -0.1) is 0 Å². The van der Waals surface area contributed by atoms with Crippen LogP contribution >= 0.6 is 0 Å². The fraction of sp³-hybridized carbons (Fsp3) is 0.152. The molecule has 47 heavy (non-hydrogen) atoms. The molecule has 2 aromatic heterocycles. The molecule has 0 radical (unpaired) electrons. The maximum atomic E-state index is 13.6. The van der Waals surface area contributed by atoms with E-state index in [1.165, 1.54) is 30.6 Å². The number of benzene rings is 3. The molecule has 0 spiro atoms. The predicted octanol–water partition coefficient (Wildman–Crippen LogP) is 7.99. The third-order valence-electron chi connectivity index (χ3n) is 7.25. The molecule has 2 heterocycles. The number of halogens is 6. The van der Waals surface area contributed by atoms with E-state index in [4.69, 9.17) is 0 Å². The molecule has 5 rings (SSSR count). The van der Waals surface area contributed by atoms with Crippen molar-refractivity contribution in [3.8, 4) is 0 Å². The number of para-hydroxylation sites is 1. The maximum absolute atomic E-state index is 13.6. The van der Waals surface area contributed by atoms with Crippen molar-refractivity contribution in [2.24, 2.45) is 0 Å². The number of aromatic nitrogens is 2. The van der Waals surface area contributed by atoms with E-state index < -0.39 is 56.5 Å². The highest BCUT2D eigenvalue weighted by atomic mass is 32.2. The topological polar surface area (TPSA) is 104 Å². The van der Waals surface area contributed by atoms with Gasteiger partial charge in [0.2, 0.25) is 0 Å². The molecule has 7 nitrogen and oxygen atoms in total. The number of sulfonamides is 1. The van der Waals surface area contributed by atoms with Gasteiger partial charge in [-0.2, -0.15) is 26.3 Å². The lowest BCUT2D eigenvalue weighted by Gasteiger charge is -2.33. The first-order chi connectivity index (χ1) is 22.2. The van der Waals surface area contributed by atoms with Crippen LogP contribution in [0.3, 0.4) is 0 Å². The number of anilines is 2. The first-order valence-electron chi connectivity index (χ1n) is 14.0. The lowest BCUT2D eigenvalue weighted by molar-refractivity contribution is -0.143. The van der Waals surface area contributed by atoms with Crippen LogP contribution in [0.5, 0.6) is 0 Å². The third-order valence-corrected chi connectivity index (χ3v) is 8.59. The minimum Gasteiger partial charge on any atom is -0.388 e. The summed E-state index contributed by atoms with van der Waals surface area (Å²) >= 11 is 0. The second-order valence-electron chi connectivity index (χ2n) is 10.4. The van der Waals surface area contributed by atoms with Crippen molar-refractivity contribution in [1.29, 1.82) is 0 Å². The second-order valence-corrected chi connectivity index (χ2v) is 12.1. The Morgan fingerprint density at radius 1 is 0.681 bits per heavy atom. The monoisotopic (exact) mass is 672 g/mol. The molecule has 14 heteroatoms. The number of pyridine rings is 2. The Balaban J connectivity index is 1.66. The SMILES string of the molecule is O=S(=O)(Nc1ccccc1C(Nc1ccccn1)C(c1ccccn1)C(O)c1ccccc1)c1cc(C(F)(F)F)cc(C(F)(F)F)c1. The molecule has 0 fully saturated rings. The van der Waals surface area contributed by atoms with E-state index in [-0.39, 0.29) is 29.4 Å². The summed E-state index contributed by atoms with van der Waals surface area (Å²) in [5.41, 5.74) is -2.66. The lowest BCUT2D eigenvalue weighted by Crippen LogP contribution is -2.27. The predicted molar refractivity (Wildman–Crippen MR) is 163 cm³/mol. The number of nitrogens with one attached hydrogen (secondary N) is 2. The smallest absolute Gasteiger partial charge is 0.388 e. The van der Waals surface area contributed by atoms with Crippen LogP contribution in [0.1, 0.15) is 46.0 Å². The van der Waals surface area contributed by atoms with Crippen LogP contribution in [0.15, 0.2) is 126 Å². The van der Waals surface area contributed by atoms with Gasteiger partial charge in [-0.1, -0.05) is 60.7 Å². The van der Waals surface area contributed by atoms with Crippen LogP contribution in [0, 0.1) is 0 Å². The van der Waals surface area contributed by atoms with Crippen LogP contribution < -0.4 is 10.0 Å². The maximum Gasteiger partial charge on any atom is 0.416 e. The van der Waals surface area contributed by atoms with E-state index in [1.807, 2.05) is 0 Å². The van der Waals surface area contributed by atoms with E-state index in [0.29, 0.717) is 17.1 Å². The summed E-state index contributed by atoms with van der Waals surface area (Å²) in [6.07, 6.45) is -8.74. The zero-order chi connectivity index (χ0) is 33.8. The highest BCUT2D eigenvalue weighted by Gasteiger charge is 2.39. The number of aliphatic hydroxyl groups is 1. The van der Waals surface area contributed by atoms with Gasteiger partial charge in [0.15, 0.2) is 0 Å². The summed E-state index contributed by atoms with van der Waals surface area (Å²) in [6, 6.07) is 23.6. The van der Waals surface area contributed by atoms with E-state index in [2.05, 4.69) is 20.0 Å². The van der Waals surface area contributed by atoms with Gasteiger partial charge >= 0.3 is 12.4 Å². The normalized spacial score (nSPS) is 14.2. The molecule has 0 bridgehead atoms. The third kappa shape index (κ3) is 7.89. The molecular weight excluding hydrogens is 646 g/mol. The Bertz CT molecular complexity index is 1880. The van der Waals surface area contributed by atoms with Gasteiger partial charge in [-0.3, -0.25) is 9.71 Å². The van der Waals surface area contributed by atoms with Gasteiger partial charge in [0.05, 0.1) is 39.8 Å². The molecule has 3 aromatic carbocycles. The molecule has 244 valence electrons. The Hall–Kier alpha value is -4.95. The van der Waals surface area contributed by atoms with Crippen LogP contribution in [-0.2, 0) is 22.4 Å². The number of hydrogen-bond donors (Lipinski definition) is 3. The number of rotatable bonds is 10. The van der Waals surface area contributed by atoms with E-state index in [1.54, 1.807) is 72.8 Å². The Morgan fingerprint density at radius 2 is 1.26 bits per heavy atom. The van der Waals surface area contributed by atoms with Crippen LogP contribution in [0.2, 0.25) is 0 Å². The van der Waals surface area contributed by atoms with Gasteiger partial charge in [0.25, 0.3) is 10.0 Å². The van der Waals surface area contributed by atoms with E-state index >= 15 is 0 Å². The molecule has 0 saturated heterocycles. The summed E-state index contributed by atoms with van der Waals surface area (Å²) in [7, 11) is -5.04. The Labute approximate surface area is 266 Å². The van der Waals surface area contributed by atoms with Crippen LogP contribution in [0.25, 0.3) is 0 Å². The average molecular weight is 673 g/mol. The molecule has 5 aromatic rings. The zero-order valence-corrected chi connectivity index (χ0v) is 24.9. The van der Waals surface area contributed by atoms with Crippen molar-refractivity contribution >= 4 is 21.5 Å². The quantitative estimate of drug-likeness (QED) is 0.130. The van der Waals surface area contributed by atoms with Crippen molar-refractivity contribution < 1.29 is 39.9 Å². The number of aliphatic hydroxyl groups excluding tert-OH is 1. The molecular formula is C33H26F6N4O3S. The highest BCUT2D eigenvalue weighted by molar-refractivity contribution is 7.92. The summed E-state index contributed by atoms with van der Waals surface area (Å²) in [4.78, 5) is 7.52. The molecule has 0 aliphatic rings. The zero-order valence-electron chi connectivity index (χ0n) is 24.1. The standard InChI is InChI=1S/C33H26F6N4O3S/c34-32(35,36)22-18-23(33(37,38)39)20-24(19-22)47(45,46)43-26-13-5-4-12-25(26)30(42-28-15-7-9-17-41-28)29(27-14-6-8-16-40-27)31(44)21-10-2-1-3-11-21/h1-20,29-31,43-44H,(H,41,42). The van der Waals surface area contributed by atoms with Crippen molar-refractivity contribution in [2.75, 3.05) is 10.0 Å². The average Bonchev–Trinajstić information content (AvgIpc) is 3.05. The first-order valence-corrected chi connectivity index (χ1v) is 15.4. The first kappa shape index (κ1) is 33.4. The molecule has 0 saturated carbocycles. The minimum atomic E-state index is -5.26. The molecule has 0 aliphatic heterocycles. The summed E-state index contributed by atoms with van der Waals surface area (Å²) in [6.45, 7) is 0. The van der Waals surface area contributed by atoms with Gasteiger partial charge in [0.1, 0.15) is 5.82 Å². The minimum absolute atomic E-state index is 0.139. The van der Waals surface area contributed by atoms with Gasteiger partial charge in [0, 0.05) is 18.1 Å². The molecule has 3 unspecified atom stereocenters. The fourth-order valence-electron chi connectivity index (χ4n) is 5.06. The highest BCUT2D eigenvalue weighted by Crippen LogP contribution is 2.44. The van der Waals surface area contributed by atoms with E-state index in [9.17, 15) is 39.9 Å². The van der Waals surface area contributed by atoms with Crippen LogP contribution in [-0.4, -0.2) is 23.5 Å². The number of hydrogen-bond acceptors (Lipinski definition) is 6. The Morgan fingerprint density at radius 3 is 1.83 bits per heavy atom. The number of alkyl halides is 6. The van der Waals surface area contributed by atoms with Gasteiger partial charge in [-0.25, -0.2) is 13.4 Å². The second kappa shape index (κ2) is 13.4. The molecule has 3 atom stereocenters. The lowest BCUT2D eigenvalue weighted by atomic mass is 9.82. The summed E-state index contributed by atoms with van der Waals surface area (Å²) < 4.78 is 111. The summed E-state index contributed by atoms with van der Waals surface area (Å²) in [5, 5.41) is 15.0. The molecule has 3 N–H and O–H groups in total. The summed E-state index contributed by atoms with van der Waals surface area (Å²) in [5.74, 6) is -0.610. The van der Waals surface area contributed by atoms with Crippen LogP contribution in [0.4, 0.5) is 37.8 Å². The fourth-order valence-corrected chi connectivity index (χ4v) is 6.22. The van der Waals surface area contributed by atoms with Crippen molar-refractivity contribution in [3.63, 3.8) is 0 Å². The van der Waals surface area contributed by atoms with Crippen molar-refractivity contribution in [1.82, 2.24) is 9.97 Å². The van der Waals surface area contributed by atoms with Crippen molar-refractivity contribution in [3.05, 3.63) is 150 Å². The molecule has 0 aliphatic carbocycles. The van der Waals surface area contributed by atoms with Crippen molar-refractivity contribution in [2.45, 2.75) is 35.3 Å². The van der Waals surface area contributed by atoms with Gasteiger partial charge < -0.3 is 10.4 Å². The largest absolute Gasteiger partial charge is 0.416 e. The van der Waals surface area contributed by atoms with Gasteiger partial charge in [-0.05, 0) is 59.7 Å².